The van der Waals surface area contributed by atoms with Crippen LogP contribution in [0.5, 0.6) is 0 Å². The molecule has 1 amide bonds. The van der Waals surface area contributed by atoms with E-state index < -0.39 is 17.7 Å². The van der Waals surface area contributed by atoms with Crippen LogP contribution in [-0.2, 0) is 9.53 Å². The molecule has 2 fully saturated rings. The van der Waals surface area contributed by atoms with Crippen LogP contribution in [0, 0.1) is 0 Å². The molecule has 1 N–H and O–H groups in total. The lowest BCUT2D eigenvalue weighted by molar-refractivity contribution is -0.143. The maximum atomic E-state index is 13.5. The van der Waals surface area contributed by atoms with Crippen molar-refractivity contribution in [2.45, 2.75) is 38.0 Å². The summed E-state index contributed by atoms with van der Waals surface area (Å²) in [6.45, 7) is 4.81. The maximum Gasteiger partial charge on any atom is 0.328 e. The Kier molecular flexibility index (Phi) is 5.08. The van der Waals surface area contributed by atoms with E-state index in [1.807, 2.05) is 36.4 Å². The van der Waals surface area contributed by atoms with Gasteiger partial charge in [0, 0.05) is 31.5 Å². The van der Waals surface area contributed by atoms with Gasteiger partial charge < -0.3 is 14.7 Å². The number of fused-ring (bicyclic) bond motifs is 1. The van der Waals surface area contributed by atoms with Crippen LogP contribution in [0.4, 0.5) is 0 Å². The van der Waals surface area contributed by atoms with Gasteiger partial charge >= 0.3 is 5.97 Å². The molecule has 0 saturated carbocycles. The zero-order valence-electron chi connectivity index (χ0n) is 16.1. The molecule has 2 aliphatic rings. The van der Waals surface area contributed by atoms with Gasteiger partial charge in [-0.2, -0.15) is 0 Å². The van der Waals surface area contributed by atoms with Gasteiger partial charge in [-0.05, 0) is 35.9 Å². The van der Waals surface area contributed by atoms with Crippen LogP contribution in [-0.4, -0.2) is 64.8 Å². The zero-order valence-corrected chi connectivity index (χ0v) is 16.1. The molecule has 4 rings (SSSR count). The molecule has 2 saturated heterocycles. The number of ether oxygens (including phenoxy) is 1. The van der Waals surface area contributed by atoms with Crippen molar-refractivity contribution in [3.05, 3.63) is 48.0 Å². The normalized spacial score (nSPS) is 22.0. The van der Waals surface area contributed by atoms with Gasteiger partial charge in [-0.3, -0.25) is 9.69 Å². The summed E-state index contributed by atoms with van der Waals surface area (Å²) in [5, 5.41) is 11.7. The second-order valence-electron chi connectivity index (χ2n) is 7.69. The summed E-state index contributed by atoms with van der Waals surface area (Å²) >= 11 is 0. The highest BCUT2D eigenvalue weighted by Crippen LogP contribution is 2.38. The van der Waals surface area contributed by atoms with E-state index in [1.165, 1.54) is 4.90 Å². The van der Waals surface area contributed by atoms with E-state index >= 15 is 0 Å². The molecule has 2 aliphatic heterocycles. The van der Waals surface area contributed by atoms with Crippen LogP contribution in [0.3, 0.4) is 0 Å². The van der Waals surface area contributed by atoms with Gasteiger partial charge in [0.25, 0.3) is 5.91 Å². The van der Waals surface area contributed by atoms with Crippen molar-refractivity contribution in [3.63, 3.8) is 0 Å². The smallest absolute Gasteiger partial charge is 0.328 e. The summed E-state index contributed by atoms with van der Waals surface area (Å²) < 4.78 is 6.02. The lowest BCUT2D eigenvalue weighted by atomic mass is 9.96. The summed E-state index contributed by atoms with van der Waals surface area (Å²) in [6, 6.07) is 12.4. The Labute approximate surface area is 164 Å². The fourth-order valence-corrected chi connectivity index (χ4v) is 4.46. The molecule has 2 aromatic carbocycles. The van der Waals surface area contributed by atoms with Gasteiger partial charge in [-0.1, -0.05) is 37.3 Å². The van der Waals surface area contributed by atoms with Gasteiger partial charge in [0.1, 0.15) is 5.72 Å². The summed E-state index contributed by atoms with van der Waals surface area (Å²) in [4.78, 5) is 29.2. The first kappa shape index (κ1) is 18.9. The van der Waals surface area contributed by atoms with Gasteiger partial charge in [0.05, 0.1) is 6.61 Å². The lowest BCUT2D eigenvalue weighted by Gasteiger charge is -2.44. The highest BCUT2D eigenvalue weighted by molar-refractivity contribution is 6.00. The van der Waals surface area contributed by atoms with E-state index in [1.54, 1.807) is 6.07 Å². The number of carbonyl (C=O) groups excluding carboxylic acids is 1. The number of likely N-dealkylation sites (tertiary alicyclic amines) is 1. The van der Waals surface area contributed by atoms with E-state index in [9.17, 15) is 14.7 Å². The molecule has 6 nitrogen and oxygen atoms in total. The first-order valence-corrected chi connectivity index (χ1v) is 9.96. The fraction of sp³-hybridized carbons (Fsp3) is 0.455. The van der Waals surface area contributed by atoms with Crippen molar-refractivity contribution in [2.24, 2.45) is 0 Å². The van der Waals surface area contributed by atoms with Crippen molar-refractivity contribution in [2.75, 3.05) is 26.2 Å². The largest absolute Gasteiger partial charge is 0.480 e. The molecule has 0 aromatic heterocycles. The van der Waals surface area contributed by atoms with Crippen LogP contribution in [0.2, 0.25) is 0 Å². The number of hydrogen-bond donors (Lipinski definition) is 1. The Morgan fingerprint density at radius 2 is 1.86 bits per heavy atom. The number of carboxylic acid groups (broad SMARTS) is 1. The number of nitrogens with zero attached hydrogens (tertiary/aromatic N) is 2. The topological polar surface area (TPSA) is 70.1 Å². The van der Waals surface area contributed by atoms with Crippen molar-refractivity contribution < 1.29 is 19.4 Å². The molecule has 6 heteroatoms. The standard InChI is InChI=1S/C22H26N2O4/c1-2-11-23-12-9-22(10-13-23)24(19(15-28-22)21(26)27)20(25)18-8-7-16-5-3-4-6-17(16)14-18/h3-8,14,19H,2,9-13,15H2,1H3,(H,26,27). The second kappa shape index (κ2) is 7.53. The molecule has 2 heterocycles. The second-order valence-corrected chi connectivity index (χ2v) is 7.69. The first-order valence-electron chi connectivity index (χ1n) is 9.96. The summed E-state index contributed by atoms with van der Waals surface area (Å²) in [6.07, 6.45) is 2.34. The number of amides is 1. The monoisotopic (exact) mass is 382 g/mol. The first-order chi connectivity index (χ1) is 13.5. The van der Waals surface area contributed by atoms with Gasteiger partial charge in [-0.25, -0.2) is 4.79 Å². The average molecular weight is 382 g/mol. The number of benzene rings is 2. The Bertz CT molecular complexity index is 889. The highest BCUT2D eigenvalue weighted by atomic mass is 16.5. The Hall–Kier alpha value is -2.44. The van der Waals surface area contributed by atoms with E-state index in [0.717, 1.165) is 36.8 Å². The third-order valence-corrected chi connectivity index (χ3v) is 5.94. The molecule has 148 valence electrons. The third kappa shape index (κ3) is 3.27. The Morgan fingerprint density at radius 3 is 2.54 bits per heavy atom. The van der Waals surface area contributed by atoms with Crippen LogP contribution >= 0.6 is 0 Å². The molecule has 28 heavy (non-hydrogen) atoms. The molecule has 1 unspecified atom stereocenters. The van der Waals surface area contributed by atoms with E-state index in [0.29, 0.717) is 18.4 Å². The molecule has 0 radical (unpaired) electrons. The third-order valence-electron chi connectivity index (χ3n) is 5.94. The van der Waals surface area contributed by atoms with E-state index in [-0.39, 0.29) is 12.5 Å². The van der Waals surface area contributed by atoms with Crippen molar-refractivity contribution in [3.8, 4) is 0 Å². The van der Waals surface area contributed by atoms with Crippen LogP contribution in [0.1, 0.15) is 36.5 Å². The highest BCUT2D eigenvalue weighted by Gasteiger charge is 2.53. The number of aliphatic carboxylic acids is 1. The Balaban J connectivity index is 1.66. The Morgan fingerprint density at radius 1 is 1.14 bits per heavy atom. The van der Waals surface area contributed by atoms with Gasteiger partial charge in [-0.15, -0.1) is 0 Å². The molecular formula is C22H26N2O4. The summed E-state index contributed by atoms with van der Waals surface area (Å²) in [5.74, 6) is -1.28. The van der Waals surface area contributed by atoms with Crippen LogP contribution in [0.15, 0.2) is 42.5 Å². The number of carbonyl (C=O) groups is 2. The average Bonchev–Trinajstić information content (AvgIpc) is 3.08. The minimum Gasteiger partial charge on any atom is -0.480 e. The molecule has 2 aromatic rings. The number of carboxylic acids is 1. The van der Waals surface area contributed by atoms with Crippen molar-refractivity contribution in [1.29, 1.82) is 0 Å². The maximum absolute atomic E-state index is 13.5. The molecule has 1 spiro atoms. The van der Waals surface area contributed by atoms with Crippen LogP contribution < -0.4 is 0 Å². The number of hydrogen-bond acceptors (Lipinski definition) is 4. The zero-order chi connectivity index (χ0) is 19.7. The molecular weight excluding hydrogens is 356 g/mol. The lowest BCUT2D eigenvalue weighted by Crippen LogP contribution is -2.58. The molecule has 0 aliphatic carbocycles. The van der Waals surface area contributed by atoms with Gasteiger partial charge in [0.15, 0.2) is 6.04 Å². The molecule has 0 bridgehead atoms. The van der Waals surface area contributed by atoms with E-state index in [4.69, 9.17) is 4.74 Å². The SMILES string of the molecule is CCCN1CCC2(CC1)OCC(C(=O)O)N2C(=O)c1ccc2ccccc2c1. The van der Waals surface area contributed by atoms with Crippen molar-refractivity contribution >= 4 is 22.6 Å². The molecule has 1 atom stereocenters. The van der Waals surface area contributed by atoms with Crippen LogP contribution in [0.25, 0.3) is 10.8 Å². The minimum atomic E-state index is -1.01. The summed E-state index contributed by atoms with van der Waals surface area (Å²) in [7, 11) is 0. The summed E-state index contributed by atoms with van der Waals surface area (Å²) in [5.41, 5.74) is -0.318. The number of rotatable bonds is 4. The van der Waals surface area contributed by atoms with Gasteiger partial charge in [0.2, 0.25) is 0 Å². The quantitative estimate of drug-likeness (QED) is 0.880. The predicted molar refractivity (Wildman–Crippen MR) is 106 cm³/mol. The number of piperidine rings is 1. The minimum absolute atomic E-state index is 0.0441. The van der Waals surface area contributed by atoms with E-state index in [2.05, 4.69) is 11.8 Å². The predicted octanol–water partition coefficient (Wildman–Crippen LogP) is 2.97. The van der Waals surface area contributed by atoms with Crippen molar-refractivity contribution in [1.82, 2.24) is 9.80 Å². The fourth-order valence-electron chi connectivity index (χ4n) is 4.46.